The van der Waals surface area contributed by atoms with Crippen molar-refractivity contribution in [2.45, 2.75) is 88.7 Å². The number of nitrogens with one attached hydrogen (secondary N) is 1. The lowest BCUT2D eigenvalue weighted by Gasteiger charge is -2.60. The Labute approximate surface area is 397 Å². The number of carbonyl (C=O) groups is 2. The molecule has 360 valence electrons. The predicted octanol–water partition coefficient (Wildman–Crippen LogP) is 9.73. The molecule has 3 aliphatic carbocycles. The minimum absolute atomic E-state index is 0.0192. The molecule has 3 N–H and O–H groups in total. The molecule has 2 saturated carbocycles. The highest BCUT2D eigenvalue weighted by atomic mass is 19.1. The molecule has 2 fully saturated rings. The van der Waals surface area contributed by atoms with Crippen LogP contribution in [0.4, 0.5) is 14.9 Å². The average Bonchev–Trinajstić information content (AvgIpc) is 4.21. The van der Waals surface area contributed by atoms with Crippen LogP contribution in [0.1, 0.15) is 80.4 Å². The molecule has 4 aliphatic rings. The molecule has 0 spiro atoms. The van der Waals surface area contributed by atoms with Crippen LogP contribution < -0.4 is 24.3 Å². The van der Waals surface area contributed by atoms with E-state index in [9.17, 15) is 24.2 Å². The van der Waals surface area contributed by atoms with Crippen LogP contribution in [0, 0.1) is 29.5 Å². The number of rotatable bonds is 22. The molecule has 14 heteroatoms. The Kier molecular flexibility index (Phi) is 15.8. The number of amides is 2. The predicted molar refractivity (Wildman–Crippen MR) is 255 cm³/mol. The Morgan fingerprint density at radius 3 is 2.37 bits per heavy atom. The number of ether oxygens (including phenoxy) is 5. The van der Waals surface area contributed by atoms with Gasteiger partial charge in [-0.15, -0.1) is 6.58 Å². The van der Waals surface area contributed by atoms with Gasteiger partial charge in [0.1, 0.15) is 41.5 Å². The summed E-state index contributed by atoms with van der Waals surface area (Å²) in [5.74, 6) is -1.43. The third-order valence-electron chi connectivity index (χ3n) is 13.6. The van der Waals surface area contributed by atoms with Crippen LogP contribution in [-0.2, 0) is 27.5 Å². The Morgan fingerprint density at radius 1 is 0.912 bits per heavy atom. The van der Waals surface area contributed by atoms with Gasteiger partial charge in [0.15, 0.2) is 0 Å². The molecule has 0 radical (unpaired) electrons. The zero-order valence-electron chi connectivity index (χ0n) is 38.8. The summed E-state index contributed by atoms with van der Waals surface area (Å²) < 4.78 is 45.7. The van der Waals surface area contributed by atoms with E-state index in [1.54, 1.807) is 55.7 Å². The number of halogens is 1. The minimum atomic E-state index is -1.50. The first kappa shape index (κ1) is 48.2. The normalized spacial score (nSPS) is 23.0. The Bertz CT molecular complexity index is 2440. The van der Waals surface area contributed by atoms with Crippen LogP contribution >= 0.6 is 0 Å². The van der Waals surface area contributed by atoms with Crippen molar-refractivity contribution >= 4 is 23.4 Å². The van der Waals surface area contributed by atoms with E-state index in [2.05, 4.69) is 18.0 Å². The molecule has 6 atom stereocenters. The van der Waals surface area contributed by atoms with Crippen molar-refractivity contribution in [2.75, 3.05) is 39.4 Å². The van der Waals surface area contributed by atoms with Crippen molar-refractivity contribution in [1.29, 1.82) is 0 Å². The van der Waals surface area contributed by atoms with Gasteiger partial charge in [-0.2, -0.15) is 0 Å². The van der Waals surface area contributed by atoms with Gasteiger partial charge >= 0.3 is 6.09 Å². The second-order valence-electron chi connectivity index (χ2n) is 18.0. The van der Waals surface area contributed by atoms with Gasteiger partial charge in [-0.25, -0.2) is 9.18 Å². The molecular formula is C54H62FN3O10. The molecule has 4 aromatic carbocycles. The molecule has 13 nitrogen and oxygen atoms in total. The number of carbonyl (C=O) groups excluding carboxylic acids is 2. The van der Waals surface area contributed by atoms with Crippen molar-refractivity contribution in [3.63, 3.8) is 0 Å². The number of fused-ring (bicyclic) bond motifs is 2. The first-order valence-corrected chi connectivity index (χ1v) is 23.7. The quantitative estimate of drug-likeness (QED) is 0.0394. The number of aliphatic hydroxyl groups excluding tert-OH is 2. The van der Waals surface area contributed by atoms with Crippen molar-refractivity contribution < 1.29 is 52.7 Å². The van der Waals surface area contributed by atoms with Gasteiger partial charge in [0.05, 0.1) is 38.1 Å². The molecule has 0 bridgehead atoms. The summed E-state index contributed by atoms with van der Waals surface area (Å²) in [5, 5.41) is 27.8. The third-order valence-corrected chi connectivity index (χ3v) is 13.6. The molecule has 0 aromatic heterocycles. The van der Waals surface area contributed by atoms with Crippen molar-refractivity contribution in [1.82, 2.24) is 4.90 Å². The van der Waals surface area contributed by atoms with Crippen LogP contribution in [0.2, 0.25) is 0 Å². The monoisotopic (exact) mass is 931 g/mol. The van der Waals surface area contributed by atoms with Gasteiger partial charge < -0.3 is 43.6 Å². The summed E-state index contributed by atoms with van der Waals surface area (Å²) in [4.78, 5) is 36.6. The van der Waals surface area contributed by atoms with Crippen LogP contribution in [0.25, 0.3) is 0 Å². The maximum atomic E-state index is 14.9. The second-order valence-corrected chi connectivity index (χ2v) is 18.0. The molecule has 68 heavy (non-hydrogen) atoms. The lowest BCUT2D eigenvalue weighted by atomic mass is 9.55. The Hall–Kier alpha value is -6.22. The van der Waals surface area contributed by atoms with E-state index in [0.717, 1.165) is 60.8 Å². The van der Waals surface area contributed by atoms with E-state index >= 15 is 0 Å². The number of allylic oxidation sites excluding steroid dienone is 1. The van der Waals surface area contributed by atoms with Gasteiger partial charge in [0.2, 0.25) is 11.7 Å². The molecule has 2 amide bonds. The average molecular weight is 932 g/mol. The Morgan fingerprint density at radius 2 is 1.66 bits per heavy atom. The minimum Gasteiger partial charge on any atom is -0.497 e. The van der Waals surface area contributed by atoms with E-state index in [1.165, 1.54) is 19.2 Å². The first-order valence-electron chi connectivity index (χ1n) is 23.7. The largest absolute Gasteiger partial charge is 0.497 e. The topological polar surface area (TPSA) is 158 Å². The number of unbranched alkanes of at least 4 members (excludes halogenated alkanes) is 2. The number of aliphatic hydroxyl groups is 2. The van der Waals surface area contributed by atoms with E-state index in [4.69, 9.17) is 33.7 Å². The lowest BCUT2D eigenvalue weighted by molar-refractivity contribution is -0.258. The van der Waals surface area contributed by atoms with Gasteiger partial charge in [0, 0.05) is 49.6 Å². The summed E-state index contributed by atoms with van der Waals surface area (Å²) in [6.07, 6.45) is 9.12. The SMILES string of the molecule is C=CCO[C@@]12Oc3ccc(OC(=O)Nc4ccc(OC)cc4OC)cc3[C@H]3[C@H](CCCCO)[C@@H](CCCCO)C=C(C(=NOCc4ccccc4)C[C@@H]1N(Cc1ccc(F)cc1)C(=O)C1CC1)[C@H]32. The number of oxime groups is 1. The van der Waals surface area contributed by atoms with Crippen molar-refractivity contribution in [2.24, 2.45) is 28.8 Å². The summed E-state index contributed by atoms with van der Waals surface area (Å²) in [5.41, 5.74) is 4.39. The van der Waals surface area contributed by atoms with Crippen LogP contribution in [0.3, 0.4) is 0 Å². The maximum Gasteiger partial charge on any atom is 0.417 e. The fourth-order valence-corrected chi connectivity index (χ4v) is 10.3. The van der Waals surface area contributed by atoms with Crippen LogP contribution in [-0.4, -0.2) is 78.7 Å². The molecule has 1 aliphatic heterocycles. The number of anilines is 1. The lowest BCUT2D eigenvalue weighted by Crippen LogP contribution is -2.70. The van der Waals surface area contributed by atoms with Gasteiger partial charge in [-0.05, 0) is 110 Å². The number of nitrogens with zero attached hydrogens (tertiary/aromatic N) is 2. The molecule has 1 heterocycles. The highest BCUT2D eigenvalue weighted by Crippen LogP contribution is 2.62. The van der Waals surface area contributed by atoms with Crippen molar-refractivity contribution in [3.8, 4) is 23.0 Å². The summed E-state index contributed by atoms with van der Waals surface area (Å²) in [6.45, 7) is 4.60. The second kappa shape index (κ2) is 22.3. The van der Waals surface area contributed by atoms with Crippen LogP contribution in [0.5, 0.6) is 23.0 Å². The molecule has 0 unspecified atom stereocenters. The molecule has 0 saturated heterocycles. The van der Waals surface area contributed by atoms with Gasteiger partial charge in [-0.3, -0.25) is 10.1 Å². The molecular weight excluding hydrogens is 870 g/mol. The Balaban J connectivity index is 1.29. The third kappa shape index (κ3) is 10.7. The summed E-state index contributed by atoms with van der Waals surface area (Å²) >= 11 is 0. The fraction of sp³-hybridized carbons (Fsp3) is 0.426. The van der Waals surface area contributed by atoms with E-state index < -0.39 is 23.8 Å². The van der Waals surface area contributed by atoms with E-state index in [1.807, 2.05) is 41.3 Å². The van der Waals surface area contributed by atoms with E-state index in [-0.39, 0.29) is 80.5 Å². The zero-order valence-corrected chi connectivity index (χ0v) is 38.8. The highest BCUT2D eigenvalue weighted by molar-refractivity contribution is 6.03. The maximum absolute atomic E-state index is 14.9. The smallest absolute Gasteiger partial charge is 0.417 e. The van der Waals surface area contributed by atoms with Crippen molar-refractivity contribution in [3.05, 3.63) is 138 Å². The number of hydrogen-bond acceptors (Lipinski definition) is 11. The standard InChI is InChI=1S/C54H62FN3O10/c1-4-28-65-54-49(58(52(61)37-18-19-37)33-35-16-20-39(55)21-17-35)32-46(57-66-34-36-12-6-5-7-13-36)43-29-38(14-8-10-26-59)42(15-9-11-27-60)50(51(43)54)44-30-41(23-25-47(44)68-54)67-53(62)56-45-24-22-40(63-2)31-48(45)64-3/h4-7,12-13,16-17,20-25,29-31,37-38,42,49-51,59-60H,1,8-11,14-15,18-19,26-28,32-34H2,2-3H3,(H,56,62)/t38-,42+,49-,50+,51+,54+/m0/s1. The first-order chi connectivity index (χ1) is 33.2. The molecule has 8 rings (SSSR count). The number of methoxy groups -OCH3 is 2. The van der Waals surface area contributed by atoms with E-state index in [0.29, 0.717) is 41.5 Å². The van der Waals surface area contributed by atoms with Crippen LogP contribution in [0.15, 0.2) is 120 Å². The highest BCUT2D eigenvalue weighted by Gasteiger charge is 2.66. The van der Waals surface area contributed by atoms with Gasteiger partial charge in [0.25, 0.3) is 0 Å². The fourth-order valence-electron chi connectivity index (χ4n) is 10.3. The zero-order chi connectivity index (χ0) is 47.6. The summed E-state index contributed by atoms with van der Waals surface area (Å²) in [7, 11) is 3.05. The number of benzene rings is 4. The van der Waals surface area contributed by atoms with Gasteiger partial charge in [-0.1, -0.05) is 72.6 Å². The number of hydrogen-bond donors (Lipinski definition) is 3. The summed E-state index contributed by atoms with van der Waals surface area (Å²) in [6, 6.07) is 25.6. The molecule has 4 aromatic rings.